The molecule has 21 heavy (non-hydrogen) atoms. The summed E-state index contributed by atoms with van der Waals surface area (Å²) in [5.41, 5.74) is 1.09. The smallest absolute Gasteiger partial charge is 0.161 e. The predicted molar refractivity (Wildman–Crippen MR) is 82.7 cm³/mol. The molecule has 0 aliphatic carbocycles. The van der Waals surface area contributed by atoms with Crippen molar-refractivity contribution >= 4 is 0 Å². The van der Waals surface area contributed by atoms with Gasteiger partial charge in [0.05, 0.1) is 37.8 Å². The standard InChI is InChI=1S/C15H28N4O2/c1-5-7-19-15(12(20-4)10-17-19)14(16-3)13-11-18(6-2)8-9-21-13/h10,13-14,16H,5-9,11H2,1-4H3. The van der Waals surface area contributed by atoms with Gasteiger partial charge in [0.15, 0.2) is 5.75 Å². The molecule has 1 aromatic heterocycles. The van der Waals surface area contributed by atoms with Crippen molar-refractivity contribution in [3.05, 3.63) is 11.9 Å². The summed E-state index contributed by atoms with van der Waals surface area (Å²) in [5.74, 6) is 0.833. The number of aromatic nitrogens is 2. The van der Waals surface area contributed by atoms with Crippen LogP contribution in [0.15, 0.2) is 6.20 Å². The number of nitrogens with zero attached hydrogens (tertiary/aromatic N) is 3. The molecule has 0 aromatic carbocycles. The van der Waals surface area contributed by atoms with E-state index in [9.17, 15) is 0 Å². The number of methoxy groups -OCH3 is 1. The van der Waals surface area contributed by atoms with E-state index in [0.717, 1.165) is 50.7 Å². The van der Waals surface area contributed by atoms with E-state index in [2.05, 4.69) is 29.2 Å². The van der Waals surface area contributed by atoms with Crippen molar-refractivity contribution in [3.8, 4) is 5.75 Å². The molecule has 2 heterocycles. The van der Waals surface area contributed by atoms with Gasteiger partial charge in [0.2, 0.25) is 0 Å². The molecule has 1 fully saturated rings. The van der Waals surface area contributed by atoms with Gasteiger partial charge in [0.1, 0.15) is 0 Å². The lowest BCUT2D eigenvalue weighted by molar-refractivity contribution is -0.0461. The number of hydrogen-bond donors (Lipinski definition) is 1. The summed E-state index contributed by atoms with van der Waals surface area (Å²) in [4.78, 5) is 2.42. The van der Waals surface area contributed by atoms with Gasteiger partial charge in [-0.2, -0.15) is 5.10 Å². The Balaban J connectivity index is 2.25. The van der Waals surface area contributed by atoms with Crippen molar-refractivity contribution in [2.24, 2.45) is 0 Å². The van der Waals surface area contributed by atoms with Gasteiger partial charge in [0, 0.05) is 19.6 Å². The average molecular weight is 296 g/mol. The first kappa shape index (κ1) is 16.3. The van der Waals surface area contributed by atoms with Gasteiger partial charge in [-0.1, -0.05) is 13.8 Å². The number of hydrogen-bond acceptors (Lipinski definition) is 5. The highest BCUT2D eigenvalue weighted by atomic mass is 16.5. The van der Waals surface area contributed by atoms with Crippen molar-refractivity contribution in [1.29, 1.82) is 0 Å². The van der Waals surface area contributed by atoms with Gasteiger partial charge in [-0.25, -0.2) is 0 Å². The fourth-order valence-electron chi connectivity index (χ4n) is 2.96. The van der Waals surface area contributed by atoms with Gasteiger partial charge >= 0.3 is 0 Å². The van der Waals surface area contributed by atoms with E-state index in [4.69, 9.17) is 9.47 Å². The van der Waals surface area contributed by atoms with Crippen LogP contribution >= 0.6 is 0 Å². The summed E-state index contributed by atoms with van der Waals surface area (Å²) in [6, 6.07) is 0.0864. The van der Waals surface area contributed by atoms with Gasteiger partial charge in [0.25, 0.3) is 0 Å². The van der Waals surface area contributed by atoms with Gasteiger partial charge in [-0.15, -0.1) is 0 Å². The third-order valence-electron chi connectivity index (χ3n) is 4.10. The van der Waals surface area contributed by atoms with Crippen molar-refractivity contribution in [2.75, 3.05) is 40.4 Å². The van der Waals surface area contributed by atoms with Crippen LogP contribution in [0.3, 0.4) is 0 Å². The molecule has 1 saturated heterocycles. The SMILES string of the molecule is CCCn1ncc(OC)c1C(NC)C1CN(CC)CCO1. The zero-order valence-electron chi connectivity index (χ0n) is 13.6. The van der Waals surface area contributed by atoms with E-state index >= 15 is 0 Å². The zero-order valence-corrected chi connectivity index (χ0v) is 13.6. The first-order valence-electron chi connectivity index (χ1n) is 7.86. The minimum Gasteiger partial charge on any atom is -0.493 e. The third kappa shape index (κ3) is 3.56. The molecule has 120 valence electrons. The Hall–Kier alpha value is -1.11. The largest absolute Gasteiger partial charge is 0.493 e. The van der Waals surface area contributed by atoms with E-state index < -0.39 is 0 Å². The maximum atomic E-state index is 6.02. The Morgan fingerprint density at radius 3 is 2.95 bits per heavy atom. The van der Waals surface area contributed by atoms with Crippen LogP contribution in [0.5, 0.6) is 5.75 Å². The fourth-order valence-corrected chi connectivity index (χ4v) is 2.96. The molecule has 0 saturated carbocycles. The van der Waals surface area contributed by atoms with Crippen molar-refractivity contribution < 1.29 is 9.47 Å². The Labute approximate surface area is 127 Å². The molecule has 1 N–H and O–H groups in total. The Morgan fingerprint density at radius 1 is 1.52 bits per heavy atom. The van der Waals surface area contributed by atoms with Crippen LogP contribution in [0.25, 0.3) is 0 Å². The Kier molecular flexibility index (Phi) is 6.02. The van der Waals surface area contributed by atoms with Gasteiger partial charge in [-0.05, 0) is 20.0 Å². The van der Waals surface area contributed by atoms with Crippen LogP contribution in [0, 0.1) is 0 Å². The van der Waals surface area contributed by atoms with Crippen molar-refractivity contribution in [3.63, 3.8) is 0 Å². The predicted octanol–water partition coefficient (Wildman–Crippen LogP) is 1.28. The molecule has 0 amide bonds. The van der Waals surface area contributed by atoms with Gasteiger partial charge < -0.3 is 14.8 Å². The molecule has 1 aliphatic heterocycles. The molecule has 6 nitrogen and oxygen atoms in total. The molecule has 0 radical (unpaired) electrons. The number of ether oxygens (including phenoxy) is 2. The molecule has 0 spiro atoms. The molecular formula is C15H28N4O2. The van der Waals surface area contributed by atoms with Crippen LogP contribution < -0.4 is 10.1 Å². The number of nitrogens with one attached hydrogen (secondary N) is 1. The molecule has 6 heteroatoms. The first-order chi connectivity index (χ1) is 10.2. The van der Waals surface area contributed by atoms with E-state index in [0.29, 0.717) is 0 Å². The van der Waals surface area contributed by atoms with Crippen LogP contribution in [-0.4, -0.2) is 61.2 Å². The second-order valence-corrected chi connectivity index (χ2v) is 5.39. The number of likely N-dealkylation sites (N-methyl/N-ethyl adjacent to an activating group) is 2. The number of morpholine rings is 1. The van der Waals surface area contributed by atoms with E-state index in [1.54, 1.807) is 13.3 Å². The Bertz CT molecular complexity index is 435. The van der Waals surface area contributed by atoms with Crippen LogP contribution in [0.2, 0.25) is 0 Å². The molecule has 1 aliphatic rings. The minimum absolute atomic E-state index is 0.0864. The maximum Gasteiger partial charge on any atom is 0.161 e. The first-order valence-corrected chi connectivity index (χ1v) is 7.86. The van der Waals surface area contributed by atoms with Gasteiger partial charge in [-0.3, -0.25) is 9.58 Å². The van der Waals surface area contributed by atoms with Crippen molar-refractivity contribution in [2.45, 2.75) is 39.0 Å². The summed E-state index contributed by atoms with van der Waals surface area (Å²) in [6.07, 6.45) is 2.96. The molecule has 1 aromatic rings. The molecule has 0 bridgehead atoms. The van der Waals surface area contributed by atoms with E-state index in [-0.39, 0.29) is 12.1 Å². The zero-order chi connectivity index (χ0) is 15.2. The van der Waals surface area contributed by atoms with E-state index in [1.807, 2.05) is 11.7 Å². The van der Waals surface area contributed by atoms with Crippen LogP contribution in [0.4, 0.5) is 0 Å². The second-order valence-electron chi connectivity index (χ2n) is 5.39. The summed E-state index contributed by atoms with van der Waals surface area (Å²) >= 11 is 0. The highest BCUT2D eigenvalue weighted by Gasteiger charge is 2.32. The summed E-state index contributed by atoms with van der Waals surface area (Å²) < 4.78 is 13.6. The maximum absolute atomic E-state index is 6.02. The van der Waals surface area contributed by atoms with Crippen LogP contribution in [-0.2, 0) is 11.3 Å². The third-order valence-corrected chi connectivity index (χ3v) is 4.10. The minimum atomic E-state index is 0.0864. The normalized spacial score (nSPS) is 21.4. The number of rotatable bonds is 7. The van der Waals surface area contributed by atoms with E-state index in [1.165, 1.54) is 0 Å². The fraction of sp³-hybridized carbons (Fsp3) is 0.800. The molecule has 2 unspecified atom stereocenters. The van der Waals surface area contributed by atoms with Crippen molar-refractivity contribution in [1.82, 2.24) is 20.0 Å². The topological polar surface area (TPSA) is 51.5 Å². The molecule has 2 atom stereocenters. The Morgan fingerprint density at radius 2 is 2.33 bits per heavy atom. The average Bonchev–Trinajstić information content (AvgIpc) is 2.92. The highest BCUT2D eigenvalue weighted by molar-refractivity contribution is 5.29. The lowest BCUT2D eigenvalue weighted by Gasteiger charge is -2.36. The quantitative estimate of drug-likeness (QED) is 0.821. The second kappa shape index (κ2) is 7.77. The lowest BCUT2D eigenvalue weighted by Crippen LogP contribution is -2.48. The molecular weight excluding hydrogens is 268 g/mol. The summed E-state index contributed by atoms with van der Waals surface area (Å²) in [6.45, 7) is 9.02. The summed E-state index contributed by atoms with van der Waals surface area (Å²) in [7, 11) is 3.67. The lowest BCUT2D eigenvalue weighted by atomic mass is 10.0. The number of aryl methyl sites for hydroxylation is 1. The monoisotopic (exact) mass is 296 g/mol. The summed E-state index contributed by atoms with van der Waals surface area (Å²) in [5, 5.41) is 7.86. The highest BCUT2D eigenvalue weighted by Crippen LogP contribution is 2.30. The molecule has 2 rings (SSSR count). The van der Waals surface area contributed by atoms with Crippen LogP contribution in [0.1, 0.15) is 32.0 Å².